The second kappa shape index (κ2) is 8.89. The molecule has 148 valence electrons. The van der Waals surface area contributed by atoms with Crippen molar-refractivity contribution in [1.82, 2.24) is 5.32 Å². The summed E-state index contributed by atoms with van der Waals surface area (Å²) in [6, 6.07) is 16.5. The van der Waals surface area contributed by atoms with Gasteiger partial charge in [0, 0.05) is 13.2 Å². The summed E-state index contributed by atoms with van der Waals surface area (Å²) < 4.78 is 11.4. The van der Waals surface area contributed by atoms with Gasteiger partial charge in [0.05, 0.1) is 11.8 Å². The molecule has 3 rings (SSSR count). The second-order valence-corrected chi connectivity index (χ2v) is 7.34. The Hall–Kier alpha value is -2.86. The van der Waals surface area contributed by atoms with Crippen LogP contribution in [-0.4, -0.2) is 31.1 Å². The fraction of sp³-hybridized carbons (Fsp3) is 0.364. The van der Waals surface area contributed by atoms with Crippen LogP contribution in [0.5, 0.6) is 11.5 Å². The van der Waals surface area contributed by atoms with Crippen molar-refractivity contribution in [3.63, 3.8) is 0 Å². The molecule has 1 atom stereocenters. The van der Waals surface area contributed by atoms with Crippen molar-refractivity contribution >= 4 is 17.5 Å². The Balaban J connectivity index is 1.65. The van der Waals surface area contributed by atoms with Crippen LogP contribution in [0.4, 0.5) is 5.69 Å². The van der Waals surface area contributed by atoms with E-state index in [0.29, 0.717) is 23.7 Å². The van der Waals surface area contributed by atoms with Gasteiger partial charge in [-0.05, 0) is 51.0 Å². The lowest BCUT2D eigenvalue weighted by atomic mass is 9.90. The molecule has 2 aromatic carbocycles. The van der Waals surface area contributed by atoms with Crippen LogP contribution in [0, 0.1) is 5.41 Å². The van der Waals surface area contributed by atoms with Gasteiger partial charge in [-0.25, -0.2) is 0 Å². The fourth-order valence-electron chi connectivity index (χ4n) is 2.89. The molecule has 1 unspecified atom stereocenters. The molecule has 2 amide bonds. The number of carbonyl (C=O) groups excluding carboxylic acids is 2. The smallest absolute Gasteiger partial charge is 0.239 e. The first-order valence-electron chi connectivity index (χ1n) is 9.50. The number of amides is 2. The van der Waals surface area contributed by atoms with E-state index in [4.69, 9.17) is 9.47 Å². The summed E-state index contributed by atoms with van der Waals surface area (Å²) in [4.78, 5) is 25.4. The van der Waals surface area contributed by atoms with Crippen molar-refractivity contribution in [2.75, 3.05) is 18.5 Å². The van der Waals surface area contributed by atoms with Crippen LogP contribution in [0.15, 0.2) is 54.6 Å². The molecule has 1 saturated heterocycles. The number of anilines is 1. The minimum atomic E-state index is -1.24. The molecule has 0 aliphatic carbocycles. The monoisotopic (exact) mass is 382 g/mol. The predicted molar refractivity (Wildman–Crippen MR) is 107 cm³/mol. The Morgan fingerprint density at radius 3 is 2.50 bits per heavy atom. The lowest BCUT2D eigenvalue weighted by Gasteiger charge is -2.24. The van der Waals surface area contributed by atoms with E-state index < -0.39 is 11.3 Å². The average molecular weight is 382 g/mol. The first-order valence-corrected chi connectivity index (χ1v) is 9.50. The number of ether oxygens (including phenoxy) is 2. The Morgan fingerprint density at radius 1 is 1.07 bits per heavy atom. The van der Waals surface area contributed by atoms with Crippen LogP contribution in [0.2, 0.25) is 0 Å². The van der Waals surface area contributed by atoms with Crippen molar-refractivity contribution in [3.8, 4) is 11.5 Å². The van der Waals surface area contributed by atoms with E-state index in [1.54, 1.807) is 32.0 Å². The molecule has 0 bridgehead atoms. The lowest BCUT2D eigenvalue weighted by molar-refractivity contribution is -0.138. The number of para-hydroxylation sites is 3. The van der Waals surface area contributed by atoms with Gasteiger partial charge in [0.2, 0.25) is 11.8 Å². The summed E-state index contributed by atoms with van der Waals surface area (Å²) in [5.41, 5.74) is -0.727. The summed E-state index contributed by atoms with van der Waals surface area (Å²) in [5.74, 6) is 0.443. The molecule has 0 aromatic heterocycles. The quantitative estimate of drug-likeness (QED) is 0.715. The van der Waals surface area contributed by atoms with Gasteiger partial charge in [0.25, 0.3) is 0 Å². The number of carbonyl (C=O) groups is 2. The third-order valence-electron chi connectivity index (χ3n) is 4.76. The molecule has 0 saturated carbocycles. The van der Waals surface area contributed by atoms with Gasteiger partial charge < -0.3 is 20.1 Å². The molecule has 0 spiro atoms. The highest BCUT2D eigenvalue weighted by atomic mass is 16.5. The van der Waals surface area contributed by atoms with Crippen LogP contribution >= 0.6 is 0 Å². The highest BCUT2D eigenvalue weighted by Crippen LogP contribution is 2.30. The van der Waals surface area contributed by atoms with Crippen molar-refractivity contribution in [3.05, 3.63) is 54.6 Å². The van der Waals surface area contributed by atoms with E-state index >= 15 is 0 Å². The molecular weight excluding hydrogens is 356 g/mol. The standard InChI is InChI=1S/C22H26N2O4/c1-22(2,20(25)23-15-17-11-8-14-27-17)21(26)24-18-12-6-7-13-19(18)28-16-9-4-3-5-10-16/h3-7,9-10,12-13,17H,8,11,14-15H2,1-2H3,(H,23,25)(H,24,26). The minimum absolute atomic E-state index is 0.0304. The zero-order valence-electron chi connectivity index (χ0n) is 16.2. The maximum Gasteiger partial charge on any atom is 0.239 e. The third kappa shape index (κ3) is 4.89. The van der Waals surface area contributed by atoms with Gasteiger partial charge in [-0.1, -0.05) is 30.3 Å². The van der Waals surface area contributed by atoms with Crippen LogP contribution in [0.25, 0.3) is 0 Å². The SMILES string of the molecule is CC(C)(C(=O)NCC1CCCO1)C(=O)Nc1ccccc1Oc1ccccc1. The molecule has 6 heteroatoms. The van der Waals surface area contributed by atoms with Gasteiger partial charge in [0.1, 0.15) is 11.2 Å². The zero-order valence-corrected chi connectivity index (χ0v) is 16.2. The largest absolute Gasteiger partial charge is 0.455 e. The molecule has 1 heterocycles. The topological polar surface area (TPSA) is 76.7 Å². The molecule has 2 aromatic rings. The van der Waals surface area contributed by atoms with Crippen LogP contribution in [0.1, 0.15) is 26.7 Å². The molecule has 0 radical (unpaired) electrons. The Kier molecular flexibility index (Phi) is 6.31. The summed E-state index contributed by atoms with van der Waals surface area (Å²) in [5, 5.41) is 5.65. The number of hydrogen-bond donors (Lipinski definition) is 2. The molecule has 2 N–H and O–H groups in total. The van der Waals surface area contributed by atoms with Gasteiger partial charge in [-0.15, -0.1) is 0 Å². The van der Waals surface area contributed by atoms with Crippen molar-refractivity contribution in [1.29, 1.82) is 0 Å². The highest BCUT2D eigenvalue weighted by Gasteiger charge is 2.36. The normalized spacial score (nSPS) is 16.4. The van der Waals surface area contributed by atoms with Crippen LogP contribution < -0.4 is 15.4 Å². The van der Waals surface area contributed by atoms with Gasteiger partial charge in [-0.3, -0.25) is 9.59 Å². The van der Waals surface area contributed by atoms with Gasteiger partial charge >= 0.3 is 0 Å². The van der Waals surface area contributed by atoms with Crippen LogP contribution in [0.3, 0.4) is 0 Å². The maximum atomic E-state index is 12.8. The minimum Gasteiger partial charge on any atom is -0.455 e. The first-order chi connectivity index (χ1) is 13.5. The maximum absolute atomic E-state index is 12.8. The highest BCUT2D eigenvalue weighted by molar-refractivity contribution is 6.10. The van der Waals surface area contributed by atoms with Crippen molar-refractivity contribution < 1.29 is 19.1 Å². The van der Waals surface area contributed by atoms with Gasteiger partial charge in [0.15, 0.2) is 5.75 Å². The predicted octanol–water partition coefficient (Wildman–Crippen LogP) is 3.74. The number of rotatable bonds is 7. The second-order valence-electron chi connectivity index (χ2n) is 7.34. The van der Waals surface area contributed by atoms with Gasteiger partial charge in [-0.2, -0.15) is 0 Å². The molecule has 1 aliphatic rings. The third-order valence-corrected chi connectivity index (χ3v) is 4.76. The van der Waals surface area contributed by atoms with E-state index in [-0.39, 0.29) is 12.0 Å². The lowest BCUT2D eigenvalue weighted by Crippen LogP contribution is -2.47. The summed E-state index contributed by atoms with van der Waals surface area (Å²) in [6.07, 6.45) is 1.96. The van der Waals surface area contributed by atoms with Crippen molar-refractivity contribution in [2.45, 2.75) is 32.8 Å². The summed E-state index contributed by atoms with van der Waals surface area (Å²) in [6.45, 7) is 4.35. The fourth-order valence-corrected chi connectivity index (χ4v) is 2.89. The Morgan fingerprint density at radius 2 is 1.79 bits per heavy atom. The summed E-state index contributed by atoms with van der Waals surface area (Å²) in [7, 11) is 0. The average Bonchev–Trinajstić information content (AvgIpc) is 3.22. The van der Waals surface area contributed by atoms with E-state index in [2.05, 4.69) is 10.6 Å². The van der Waals surface area contributed by atoms with E-state index in [9.17, 15) is 9.59 Å². The molecule has 28 heavy (non-hydrogen) atoms. The van der Waals surface area contributed by atoms with E-state index in [0.717, 1.165) is 19.4 Å². The summed E-state index contributed by atoms with van der Waals surface area (Å²) >= 11 is 0. The molecular formula is C22H26N2O4. The van der Waals surface area contributed by atoms with Crippen LogP contribution in [-0.2, 0) is 14.3 Å². The zero-order chi connectivity index (χ0) is 20.0. The number of nitrogens with one attached hydrogen (secondary N) is 2. The molecule has 6 nitrogen and oxygen atoms in total. The van der Waals surface area contributed by atoms with Crippen molar-refractivity contribution in [2.24, 2.45) is 5.41 Å². The van der Waals surface area contributed by atoms with E-state index in [1.165, 1.54) is 0 Å². The Bertz CT molecular complexity index is 814. The molecule has 1 aliphatic heterocycles. The molecule has 1 fully saturated rings. The Labute approximate surface area is 165 Å². The van der Waals surface area contributed by atoms with E-state index in [1.807, 2.05) is 36.4 Å². The number of benzene rings is 2. The number of hydrogen-bond acceptors (Lipinski definition) is 4. The first kappa shape index (κ1) is 19.9.